The first-order valence-electron chi connectivity index (χ1n) is 7.82. The quantitative estimate of drug-likeness (QED) is 0.688. The number of fused-ring (bicyclic) bond motifs is 1. The molecule has 0 radical (unpaired) electrons. The van der Waals surface area contributed by atoms with Gasteiger partial charge in [-0.3, -0.25) is 5.32 Å². The van der Waals surface area contributed by atoms with Crippen molar-refractivity contribution in [1.29, 1.82) is 0 Å². The summed E-state index contributed by atoms with van der Waals surface area (Å²) in [4.78, 5) is 3.39. The van der Waals surface area contributed by atoms with Gasteiger partial charge in [-0.1, -0.05) is 36.9 Å². The number of methoxy groups -OCH3 is 1. The number of aryl methyl sites for hydroxylation is 1. The maximum absolute atomic E-state index is 12.2. The summed E-state index contributed by atoms with van der Waals surface area (Å²) in [6, 6.07) is 13.5. The molecule has 3 rings (SSSR count). The zero-order valence-electron chi connectivity index (χ0n) is 13.4. The molecule has 1 aromatic heterocycles. The average Bonchev–Trinajstić information content (AvgIpc) is 2.92. The third-order valence-electron chi connectivity index (χ3n) is 3.89. The fourth-order valence-corrected chi connectivity index (χ4v) is 2.77. The van der Waals surface area contributed by atoms with Crippen molar-refractivity contribution in [2.75, 3.05) is 12.4 Å². The van der Waals surface area contributed by atoms with Crippen LogP contribution in [0.25, 0.3) is 11.0 Å². The number of hydrogen-bond donors (Lipinski definition) is 2. The molecule has 3 aromatic rings. The number of H-pyrrole nitrogens is 1. The van der Waals surface area contributed by atoms with Crippen LogP contribution in [0.3, 0.4) is 0 Å². The summed E-state index contributed by atoms with van der Waals surface area (Å²) in [5.41, 5.74) is 2.92. The molecule has 1 heterocycles. The molecule has 120 valence electrons. The minimum absolute atomic E-state index is 0.0688. The van der Waals surface area contributed by atoms with E-state index in [1.165, 1.54) is 7.11 Å². The summed E-state index contributed by atoms with van der Waals surface area (Å²) < 4.78 is 7.30. The number of para-hydroxylation sites is 3. The molecule has 5 nitrogen and oxygen atoms in total. The maximum Gasteiger partial charge on any atom is 0.356 e. The van der Waals surface area contributed by atoms with Crippen molar-refractivity contribution < 1.29 is 14.4 Å². The Morgan fingerprint density at radius 2 is 2.00 bits per heavy atom. The predicted molar refractivity (Wildman–Crippen MR) is 88.6 cm³/mol. The number of anilines is 1. The van der Waals surface area contributed by atoms with Crippen LogP contribution in [-0.4, -0.2) is 12.1 Å². The first-order chi connectivity index (χ1) is 11.2. The summed E-state index contributed by atoms with van der Waals surface area (Å²) in [7, 11) is 1.51. The second-order valence-corrected chi connectivity index (χ2v) is 5.44. The van der Waals surface area contributed by atoms with E-state index >= 15 is 0 Å². The van der Waals surface area contributed by atoms with E-state index in [-0.39, 0.29) is 5.75 Å². The van der Waals surface area contributed by atoms with Crippen LogP contribution >= 0.6 is 0 Å². The minimum atomic E-state index is -0.0688. The number of imidazole rings is 1. The van der Waals surface area contributed by atoms with Crippen LogP contribution in [0.15, 0.2) is 42.5 Å². The first-order valence-corrected chi connectivity index (χ1v) is 7.82. The molecule has 0 amide bonds. The van der Waals surface area contributed by atoms with Crippen LogP contribution < -0.4 is 19.7 Å². The number of aromatic nitrogens is 2. The molecular formula is C18H21N3O2. The van der Waals surface area contributed by atoms with Crippen molar-refractivity contribution in [3.05, 3.63) is 48.0 Å². The molecular weight excluding hydrogens is 290 g/mol. The van der Waals surface area contributed by atoms with Gasteiger partial charge in [0, 0.05) is 0 Å². The van der Waals surface area contributed by atoms with E-state index in [4.69, 9.17) is 4.74 Å². The minimum Gasteiger partial charge on any atom is -0.870 e. The van der Waals surface area contributed by atoms with Crippen LogP contribution in [0, 0.1) is 0 Å². The van der Waals surface area contributed by atoms with E-state index in [2.05, 4.69) is 33.9 Å². The van der Waals surface area contributed by atoms with Crippen molar-refractivity contribution in [2.24, 2.45) is 0 Å². The van der Waals surface area contributed by atoms with Crippen molar-refractivity contribution >= 4 is 17.0 Å². The lowest BCUT2D eigenvalue weighted by atomic mass is 10.2. The monoisotopic (exact) mass is 311 g/mol. The number of nitrogens with zero attached hydrogens (tertiary/aromatic N) is 1. The number of benzene rings is 2. The van der Waals surface area contributed by atoms with Gasteiger partial charge in [0.1, 0.15) is 16.8 Å². The van der Waals surface area contributed by atoms with Crippen molar-refractivity contribution in [2.45, 2.75) is 26.4 Å². The van der Waals surface area contributed by atoms with Crippen LogP contribution in [0.4, 0.5) is 5.95 Å². The van der Waals surface area contributed by atoms with Gasteiger partial charge in [-0.05, 0) is 30.2 Å². The van der Waals surface area contributed by atoms with E-state index < -0.39 is 0 Å². The fourth-order valence-electron chi connectivity index (χ4n) is 2.77. The van der Waals surface area contributed by atoms with Crippen LogP contribution in [0.2, 0.25) is 0 Å². The maximum atomic E-state index is 12.2. The number of hydrogen-bond acceptors (Lipinski definition) is 3. The standard InChI is InChI=1S/C18H21N3O2/c1-3-11-21-15-9-5-4-8-14(15)20-18(21)19-12-13-7-6-10-16(23-2)17(13)22/h4-10H,3,11-12H2,1-2H3,(H2,19,20,22). The van der Waals surface area contributed by atoms with Crippen LogP contribution in [0.5, 0.6) is 11.5 Å². The highest BCUT2D eigenvalue weighted by Gasteiger charge is 2.16. The van der Waals surface area contributed by atoms with Crippen LogP contribution in [0.1, 0.15) is 18.9 Å². The number of nitrogens with one attached hydrogen (secondary N) is 2. The highest BCUT2D eigenvalue weighted by atomic mass is 16.5. The SMILES string of the molecule is CCC[n+]1c(NCc2cccc(OC)c2[O-])[nH]c2ccccc21. The molecule has 5 heteroatoms. The molecule has 0 aliphatic heterocycles. The highest BCUT2D eigenvalue weighted by molar-refractivity contribution is 5.72. The summed E-state index contributed by atoms with van der Waals surface area (Å²) in [6.45, 7) is 3.51. The van der Waals surface area contributed by atoms with E-state index in [0.29, 0.717) is 17.9 Å². The van der Waals surface area contributed by atoms with Gasteiger partial charge in [0.25, 0.3) is 0 Å². The van der Waals surface area contributed by atoms with Gasteiger partial charge in [-0.15, -0.1) is 0 Å². The molecule has 0 spiro atoms. The topological polar surface area (TPSA) is 64.0 Å². The molecule has 2 aromatic carbocycles. The molecule has 0 unspecified atom stereocenters. The third-order valence-corrected chi connectivity index (χ3v) is 3.89. The Kier molecular flexibility index (Phi) is 4.37. The second-order valence-electron chi connectivity index (χ2n) is 5.44. The van der Waals surface area contributed by atoms with Gasteiger partial charge in [0.05, 0.1) is 20.2 Å². The summed E-state index contributed by atoms with van der Waals surface area (Å²) in [5.74, 6) is 1.22. The smallest absolute Gasteiger partial charge is 0.356 e. The van der Waals surface area contributed by atoms with Gasteiger partial charge in [0.15, 0.2) is 0 Å². The van der Waals surface area contributed by atoms with Crippen molar-refractivity contribution in [3.8, 4) is 11.5 Å². The van der Waals surface area contributed by atoms with Gasteiger partial charge >= 0.3 is 5.95 Å². The Morgan fingerprint density at radius 1 is 1.17 bits per heavy atom. The van der Waals surface area contributed by atoms with Gasteiger partial charge in [-0.25, -0.2) is 9.55 Å². The van der Waals surface area contributed by atoms with Crippen molar-refractivity contribution in [3.63, 3.8) is 0 Å². The average molecular weight is 311 g/mol. The Labute approximate surface area is 135 Å². The zero-order chi connectivity index (χ0) is 16.2. The van der Waals surface area contributed by atoms with Crippen molar-refractivity contribution in [1.82, 2.24) is 4.98 Å². The van der Waals surface area contributed by atoms with Gasteiger partial charge in [0.2, 0.25) is 0 Å². The third kappa shape index (κ3) is 2.95. The molecule has 0 aliphatic rings. The number of ether oxygens (including phenoxy) is 1. The van der Waals surface area contributed by atoms with E-state index in [9.17, 15) is 5.11 Å². The van der Waals surface area contributed by atoms with Gasteiger partial charge < -0.3 is 9.84 Å². The molecule has 0 fully saturated rings. The molecule has 0 atom stereocenters. The predicted octanol–water partition coefficient (Wildman–Crippen LogP) is 2.56. The molecule has 0 aliphatic carbocycles. The molecule has 0 saturated carbocycles. The number of rotatable bonds is 6. The van der Waals surface area contributed by atoms with Gasteiger partial charge in [-0.2, -0.15) is 0 Å². The van der Waals surface area contributed by atoms with E-state index in [1.807, 2.05) is 24.3 Å². The van der Waals surface area contributed by atoms with Crippen LogP contribution in [-0.2, 0) is 13.1 Å². The Balaban J connectivity index is 1.88. The first kappa shape index (κ1) is 15.2. The molecule has 2 N–H and O–H groups in total. The lowest BCUT2D eigenvalue weighted by Crippen LogP contribution is -2.35. The zero-order valence-corrected chi connectivity index (χ0v) is 13.4. The van der Waals surface area contributed by atoms with E-state index in [0.717, 1.165) is 29.9 Å². The summed E-state index contributed by atoms with van der Waals surface area (Å²) in [6.07, 6.45) is 1.03. The lowest BCUT2D eigenvalue weighted by molar-refractivity contribution is -0.657. The lowest BCUT2D eigenvalue weighted by Gasteiger charge is -2.16. The number of aromatic amines is 1. The molecule has 23 heavy (non-hydrogen) atoms. The largest absolute Gasteiger partial charge is 0.870 e. The Morgan fingerprint density at radius 3 is 2.78 bits per heavy atom. The Bertz CT molecular complexity index is 811. The second kappa shape index (κ2) is 6.60. The normalized spacial score (nSPS) is 10.9. The highest BCUT2D eigenvalue weighted by Crippen LogP contribution is 2.27. The van der Waals surface area contributed by atoms with E-state index in [1.54, 1.807) is 6.07 Å². The summed E-state index contributed by atoms with van der Waals surface area (Å²) in [5, 5.41) is 15.6. The molecule has 0 saturated heterocycles. The fraction of sp³-hybridized carbons (Fsp3) is 0.278. The molecule has 0 bridgehead atoms. The Hall–Kier alpha value is -2.69. The summed E-state index contributed by atoms with van der Waals surface area (Å²) >= 11 is 0.